The van der Waals surface area contributed by atoms with Crippen molar-refractivity contribution in [2.75, 3.05) is 13.2 Å². The highest BCUT2D eigenvalue weighted by molar-refractivity contribution is 5.87. The van der Waals surface area contributed by atoms with Gasteiger partial charge in [0.15, 0.2) is 0 Å². The van der Waals surface area contributed by atoms with Gasteiger partial charge in [-0.3, -0.25) is 14.4 Å². The van der Waals surface area contributed by atoms with E-state index in [4.69, 9.17) is 14.9 Å². The lowest BCUT2D eigenvalue weighted by atomic mass is 10.1. The summed E-state index contributed by atoms with van der Waals surface area (Å²) < 4.78 is 5.81. The number of carbonyl (C=O) groups is 4. The molecule has 0 rings (SSSR count). The van der Waals surface area contributed by atoms with Gasteiger partial charge in [0, 0.05) is 12.8 Å². The molecule has 0 aliphatic heterocycles. The van der Waals surface area contributed by atoms with E-state index < -0.39 is 24.5 Å². The number of esters is 1. The van der Waals surface area contributed by atoms with E-state index >= 15 is 0 Å². The molecule has 0 spiro atoms. The second-order valence-corrected chi connectivity index (χ2v) is 12.3. The van der Waals surface area contributed by atoms with Gasteiger partial charge in [-0.15, -0.1) is 0 Å². The maximum absolute atomic E-state index is 12.6. The van der Waals surface area contributed by atoms with Crippen LogP contribution in [-0.4, -0.2) is 59.3 Å². The number of aliphatic hydroxyl groups is 1. The van der Waals surface area contributed by atoms with Crippen LogP contribution in [-0.2, 0) is 23.9 Å². The topological polar surface area (TPSA) is 142 Å². The predicted molar refractivity (Wildman–Crippen MR) is 199 cm³/mol. The van der Waals surface area contributed by atoms with Crippen LogP contribution in [0.2, 0.25) is 0 Å². The second kappa shape index (κ2) is 34.4. The van der Waals surface area contributed by atoms with Gasteiger partial charge in [0.1, 0.15) is 12.1 Å². The first-order chi connectivity index (χ1) is 23.8. The normalized spacial score (nSPS) is 13.2. The number of hydrogen-bond acceptors (Lipinski definition) is 6. The van der Waals surface area contributed by atoms with Gasteiger partial charge < -0.3 is 25.6 Å². The summed E-state index contributed by atoms with van der Waals surface area (Å²) in [7, 11) is 0. The molecule has 2 atom stereocenters. The molecule has 0 aromatic rings. The largest absolute Gasteiger partial charge is 0.480 e. The van der Waals surface area contributed by atoms with Gasteiger partial charge >= 0.3 is 11.9 Å². The molecule has 2 unspecified atom stereocenters. The highest BCUT2D eigenvalue weighted by atomic mass is 16.5. The van der Waals surface area contributed by atoms with Crippen LogP contribution in [0.3, 0.4) is 0 Å². The molecule has 4 N–H and O–H groups in total. The molecule has 9 heteroatoms. The molecule has 0 saturated carbocycles. The van der Waals surface area contributed by atoms with E-state index in [-0.39, 0.29) is 30.9 Å². The van der Waals surface area contributed by atoms with E-state index in [0.29, 0.717) is 25.7 Å². The third-order valence-electron chi connectivity index (χ3n) is 7.76. The molecule has 0 radical (unpaired) electrons. The van der Waals surface area contributed by atoms with Crippen molar-refractivity contribution in [3.8, 4) is 0 Å². The third-order valence-corrected chi connectivity index (χ3v) is 7.76. The van der Waals surface area contributed by atoms with Crippen LogP contribution in [0.5, 0.6) is 0 Å². The van der Waals surface area contributed by atoms with Gasteiger partial charge in [-0.1, -0.05) is 126 Å². The third kappa shape index (κ3) is 31.6. The Hall–Kier alpha value is -3.46. The van der Waals surface area contributed by atoms with Crippen LogP contribution in [0, 0.1) is 0 Å². The van der Waals surface area contributed by atoms with Gasteiger partial charge in [-0.25, -0.2) is 4.79 Å². The Morgan fingerprint density at radius 1 is 0.633 bits per heavy atom. The standard InChI is InChI=1S/C40H66N2O7/c1-3-5-7-9-11-13-15-16-17-18-19-21-23-25-29-35(49-39(46)32-26-24-22-20-14-12-10-8-6-4-2)30-27-28-31-37(44)41-33-38(45)42-36(34-43)40(47)48/h5,7,11,13,16-17,19,21,25,29,35-36,43H,3-4,6,8-10,12,14-15,18,20,22-24,26-28,30-34H2,1-2H3,(H,41,44)(H,42,45)(H,47,48)/b7-5-,13-11-,17-16-,21-19-,29-25-. The molecular weight excluding hydrogens is 620 g/mol. The van der Waals surface area contributed by atoms with Crippen molar-refractivity contribution in [1.29, 1.82) is 0 Å². The van der Waals surface area contributed by atoms with Crippen molar-refractivity contribution in [2.24, 2.45) is 0 Å². The fourth-order valence-electron chi connectivity index (χ4n) is 4.89. The number of carbonyl (C=O) groups excluding carboxylic acids is 3. The van der Waals surface area contributed by atoms with Crippen LogP contribution in [0.4, 0.5) is 0 Å². The minimum absolute atomic E-state index is 0.181. The van der Waals surface area contributed by atoms with E-state index in [1.807, 2.05) is 12.2 Å². The van der Waals surface area contributed by atoms with Crippen LogP contribution in [0.15, 0.2) is 60.8 Å². The van der Waals surface area contributed by atoms with Crippen LogP contribution < -0.4 is 10.6 Å². The molecule has 0 fully saturated rings. The molecule has 9 nitrogen and oxygen atoms in total. The van der Waals surface area contributed by atoms with Crippen LogP contribution in [0.1, 0.15) is 142 Å². The fourth-order valence-corrected chi connectivity index (χ4v) is 4.89. The Balaban J connectivity index is 4.62. The molecule has 0 aliphatic rings. The van der Waals surface area contributed by atoms with Gasteiger partial charge in [-0.05, 0) is 63.9 Å². The molecule has 0 aliphatic carbocycles. The first-order valence-electron chi connectivity index (χ1n) is 18.7. The molecule has 0 saturated heterocycles. The Kier molecular flexibility index (Phi) is 32.0. The number of hydrogen-bond donors (Lipinski definition) is 4. The minimum Gasteiger partial charge on any atom is -0.480 e. The summed E-state index contributed by atoms with van der Waals surface area (Å²) in [5.41, 5.74) is 0. The number of carboxylic acid groups (broad SMARTS) is 1. The Morgan fingerprint density at radius 3 is 1.67 bits per heavy atom. The van der Waals surface area contributed by atoms with Gasteiger partial charge in [0.25, 0.3) is 0 Å². The maximum atomic E-state index is 12.6. The van der Waals surface area contributed by atoms with E-state index in [0.717, 1.165) is 51.4 Å². The number of allylic oxidation sites excluding steroid dienone is 9. The lowest BCUT2D eigenvalue weighted by Gasteiger charge is -2.15. The smallest absolute Gasteiger partial charge is 0.328 e. The molecule has 278 valence electrons. The van der Waals surface area contributed by atoms with E-state index in [9.17, 15) is 19.2 Å². The second-order valence-electron chi connectivity index (χ2n) is 12.3. The Morgan fingerprint density at radius 2 is 1.14 bits per heavy atom. The van der Waals surface area contributed by atoms with Gasteiger partial charge in [0.2, 0.25) is 11.8 Å². The first kappa shape index (κ1) is 45.5. The van der Waals surface area contributed by atoms with E-state index in [1.165, 1.54) is 44.9 Å². The zero-order chi connectivity index (χ0) is 36.2. The maximum Gasteiger partial charge on any atom is 0.328 e. The number of nitrogens with one attached hydrogen (secondary N) is 2. The first-order valence-corrected chi connectivity index (χ1v) is 18.7. The van der Waals surface area contributed by atoms with Crippen LogP contribution in [0.25, 0.3) is 0 Å². The van der Waals surface area contributed by atoms with Gasteiger partial charge in [-0.2, -0.15) is 0 Å². The molecule has 0 aromatic heterocycles. The number of amides is 2. The van der Waals surface area contributed by atoms with Crippen molar-refractivity contribution < 1.29 is 34.1 Å². The molecule has 49 heavy (non-hydrogen) atoms. The molecule has 0 aromatic carbocycles. The zero-order valence-electron chi connectivity index (χ0n) is 30.4. The molecule has 0 bridgehead atoms. The summed E-state index contributed by atoms with van der Waals surface area (Å²) in [6.07, 6.45) is 39.7. The average Bonchev–Trinajstić information content (AvgIpc) is 3.08. The number of unbranched alkanes of at least 4 members (excludes halogenated alkanes) is 10. The van der Waals surface area contributed by atoms with Gasteiger partial charge in [0.05, 0.1) is 13.2 Å². The Labute approximate surface area is 296 Å². The average molecular weight is 687 g/mol. The van der Waals surface area contributed by atoms with Crippen molar-refractivity contribution in [3.63, 3.8) is 0 Å². The summed E-state index contributed by atoms with van der Waals surface area (Å²) in [6.45, 7) is 3.25. The monoisotopic (exact) mass is 686 g/mol. The number of aliphatic hydroxyl groups excluding tert-OH is 1. The van der Waals surface area contributed by atoms with Crippen molar-refractivity contribution >= 4 is 23.8 Å². The fraction of sp³-hybridized carbons (Fsp3) is 0.650. The number of rotatable bonds is 32. The summed E-state index contributed by atoms with van der Waals surface area (Å²) in [6, 6.07) is -1.41. The summed E-state index contributed by atoms with van der Waals surface area (Å²) in [5.74, 6) is -2.58. The lowest BCUT2D eigenvalue weighted by molar-refractivity contribution is -0.147. The quantitative estimate of drug-likeness (QED) is 0.0318. The minimum atomic E-state index is -1.41. The Bertz CT molecular complexity index is 1020. The highest BCUT2D eigenvalue weighted by Crippen LogP contribution is 2.14. The predicted octanol–water partition coefficient (Wildman–Crippen LogP) is 8.20. The number of ether oxygens (including phenoxy) is 1. The van der Waals surface area contributed by atoms with Crippen molar-refractivity contribution in [3.05, 3.63) is 60.8 Å². The molecule has 0 heterocycles. The SMILES string of the molecule is CC/C=C\C/C=C\C/C=C\C/C=C\C/C=C\C(CCCCC(=O)NCC(=O)NC(CO)C(=O)O)OC(=O)CCCCCCCCCCCC. The summed E-state index contributed by atoms with van der Waals surface area (Å²) in [5, 5.41) is 22.5. The van der Waals surface area contributed by atoms with Crippen molar-refractivity contribution in [1.82, 2.24) is 10.6 Å². The molecule has 2 amide bonds. The number of aliphatic carboxylic acids is 1. The lowest BCUT2D eigenvalue weighted by Crippen LogP contribution is -2.47. The molecular formula is C40H66N2O7. The van der Waals surface area contributed by atoms with E-state index in [2.05, 4.69) is 73.1 Å². The van der Waals surface area contributed by atoms with E-state index in [1.54, 1.807) is 0 Å². The number of carboxylic acids is 1. The summed E-state index contributed by atoms with van der Waals surface area (Å²) in [4.78, 5) is 47.6. The highest BCUT2D eigenvalue weighted by Gasteiger charge is 2.19. The van der Waals surface area contributed by atoms with Crippen molar-refractivity contribution in [2.45, 2.75) is 154 Å². The van der Waals surface area contributed by atoms with Crippen LogP contribution >= 0.6 is 0 Å². The zero-order valence-corrected chi connectivity index (χ0v) is 30.4. The summed E-state index contributed by atoms with van der Waals surface area (Å²) >= 11 is 0.